The van der Waals surface area contributed by atoms with Gasteiger partial charge in [0.2, 0.25) is 5.91 Å². The van der Waals surface area contributed by atoms with Crippen LogP contribution in [0.2, 0.25) is 0 Å². The third kappa shape index (κ3) is 3.04. The maximum absolute atomic E-state index is 12.3. The van der Waals surface area contributed by atoms with Crippen molar-refractivity contribution in [2.45, 2.75) is 44.2 Å². The molecule has 18 heavy (non-hydrogen) atoms. The van der Waals surface area contributed by atoms with Gasteiger partial charge in [-0.25, -0.2) is 0 Å². The minimum atomic E-state index is 0.141. The fraction of sp³-hybridized carbons (Fsp3) is 0.929. The summed E-state index contributed by atoms with van der Waals surface area (Å²) in [7, 11) is 5.95. The van der Waals surface area contributed by atoms with E-state index in [4.69, 9.17) is 0 Å². The monoisotopic (exact) mass is 253 g/mol. The first-order valence-electron chi connectivity index (χ1n) is 7.25. The van der Waals surface area contributed by atoms with Gasteiger partial charge in [-0.15, -0.1) is 0 Å². The van der Waals surface area contributed by atoms with Crippen molar-refractivity contribution in [1.82, 2.24) is 14.7 Å². The summed E-state index contributed by atoms with van der Waals surface area (Å²) in [6, 6.07) is 0.762. The molecule has 104 valence electrons. The topological polar surface area (TPSA) is 26.8 Å². The number of carbonyl (C=O) groups excluding carboxylic acids is 1. The van der Waals surface area contributed by atoms with Crippen LogP contribution < -0.4 is 0 Å². The number of amides is 1. The highest BCUT2D eigenvalue weighted by atomic mass is 16.2. The highest BCUT2D eigenvalue weighted by molar-refractivity contribution is 5.81. The molecular weight excluding hydrogens is 226 g/mol. The Bertz CT molecular complexity index is 285. The molecule has 2 heterocycles. The number of carbonyl (C=O) groups is 1. The van der Waals surface area contributed by atoms with Gasteiger partial charge in [0, 0.05) is 20.1 Å². The largest absolute Gasteiger partial charge is 0.347 e. The van der Waals surface area contributed by atoms with E-state index in [1.807, 2.05) is 14.1 Å². The van der Waals surface area contributed by atoms with Crippen molar-refractivity contribution in [2.24, 2.45) is 0 Å². The predicted octanol–water partition coefficient (Wildman–Crippen LogP) is 1.02. The van der Waals surface area contributed by atoms with Gasteiger partial charge in [0.15, 0.2) is 0 Å². The molecule has 0 aromatic carbocycles. The van der Waals surface area contributed by atoms with Crippen molar-refractivity contribution >= 4 is 5.91 Å². The molecule has 0 aromatic rings. The first-order chi connectivity index (χ1) is 8.59. The fourth-order valence-corrected chi connectivity index (χ4v) is 3.28. The number of hydrogen-bond donors (Lipinski definition) is 0. The van der Waals surface area contributed by atoms with Crippen molar-refractivity contribution in [3.05, 3.63) is 0 Å². The number of likely N-dealkylation sites (tertiary alicyclic amines) is 2. The normalized spacial score (nSPS) is 28.3. The van der Waals surface area contributed by atoms with E-state index in [2.05, 4.69) is 16.8 Å². The molecule has 1 amide bonds. The third-order valence-corrected chi connectivity index (χ3v) is 4.43. The highest BCUT2D eigenvalue weighted by Gasteiger charge is 2.35. The molecular formula is C14H27N3O. The quantitative estimate of drug-likeness (QED) is 0.735. The summed E-state index contributed by atoms with van der Waals surface area (Å²) in [6.45, 7) is 3.45. The number of nitrogens with zero attached hydrogens (tertiary/aromatic N) is 3. The highest BCUT2D eigenvalue weighted by Crippen LogP contribution is 2.25. The van der Waals surface area contributed by atoms with Crippen LogP contribution in [0.3, 0.4) is 0 Å². The average molecular weight is 253 g/mol. The maximum Gasteiger partial charge on any atom is 0.239 e. The second kappa shape index (κ2) is 6.02. The standard InChI is InChI=1S/C14H27N3O/c1-15(2)14(18)13-6-4-5-9-17(13)12-7-10-16(3)11-8-12/h12-13H,4-11H2,1-3H3. The molecule has 1 atom stereocenters. The molecule has 4 nitrogen and oxygen atoms in total. The lowest BCUT2D eigenvalue weighted by Gasteiger charge is -2.44. The summed E-state index contributed by atoms with van der Waals surface area (Å²) >= 11 is 0. The minimum absolute atomic E-state index is 0.141. The molecule has 0 bridgehead atoms. The van der Waals surface area contributed by atoms with E-state index < -0.39 is 0 Å². The Kier molecular flexibility index (Phi) is 4.62. The zero-order chi connectivity index (χ0) is 13.1. The van der Waals surface area contributed by atoms with Crippen LogP contribution in [0.15, 0.2) is 0 Å². The molecule has 2 fully saturated rings. The molecule has 0 aromatic heterocycles. The second-order valence-electron chi connectivity index (χ2n) is 6.02. The molecule has 2 rings (SSSR count). The van der Waals surface area contributed by atoms with E-state index >= 15 is 0 Å². The average Bonchev–Trinajstić information content (AvgIpc) is 2.39. The van der Waals surface area contributed by atoms with Crippen LogP contribution in [0.4, 0.5) is 0 Å². The summed E-state index contributed by atoms with van der Waals surface area (Å²) in [5, 5.41) is 0. The van der Waals surface area contributed by atoms with Gasteiger partial charge in [-0.05, 0) is 52.4 Å². The van der Waals surface area contributed by atoms with Crippen molar-refractivity contribution in [1.29, 1.82) is 0 Å². The number of rotatable bonds is 2. The van der Waals surface area contributed by atoms with Gasteiger partial charge >= 0.3 is 0 Å². The lowest BCUT2D eigenvalue weighted by atomic mass is 9.94. The SMILES string of the molecule is CN1CCC(N2CCCCC2C(=O)N(C)C)CC1. The van der Waals surface area contributed by atoms with Crippen LogP contribution in [0.5, 0.6) is 0 Å². The molecule has 0 radical (unpaired) electrons. The third-order valence-electron chi connectivity index (χ3n) is 4.43. The summed E-state index contributed by atoms with van der Waals surface area (Å²) in [5.74, 6) is 0.300. The molecule has 0 N–H and O–H groups in total. The van der Waals surface area contributed by atoms with E-state index in [1.54, 1.807) is 4.90 Å². The Morgan fingerprint density at radius 2 is 1.72 bits per heavy atom. The van der Waals surface area contributed by atoms with E-state index in [-0.39, 0.29) is 6.04 Å². The van der Waals surface area contributed by atoms with E-state index in [0.717, 1.165) is 13.0 Å². The summed E-state index contributed by atoms with van der Waals surface area (Å²) < 4.78 is 0. The molecule has 0 saturated carbocycles. The van der Waals surface area contributed by atoms with Gasteiger partial charge in [-0.2, -0.15) is 0 Å². The van der Waals surface area contributed by atoms with E-state index in [0.29, 0.717) is 11.9 Å². The zero-order valence-corrected chi connectivity index (χ0v) is 12.1. The zero-order valence-electron chi connectivity index (χ0n) is 12.1. The molecule has 4 heteroatoms. The van der Waals surface area contributed by atoms with Gasteiger partial charge in [-0.1, -0.05) is 6.42 Å². The summed E-state index contributed by atoms with van der Waals surface area (Å²) in [5.41, 5.74) is 0. The van der Waals surface area contributed by atoms with Crippen LogP contribution >= 0.6 is 0 Å². The van der Waals surface area contributed by atoms with Crippen LogP contribution in [0.25, 0.3) is 0 Å². The molecule has 0 spiro atoms. The lowest BCUT2D eigenvalue weighted by molar-refractivity contribution is -0.137. The van der Waals surface area contributed by atoms with E-state index in [1.165, 1.54) is 38.8 Å². The predicted molar refractivity (Wildman–Crippen MR) is 73.6 cm³/mol. The number of piperidine rings is 2. The molecule has 2 saturated heterocycles. The Morgan fingerprint density at radius 3 is 2.33 bits per heavy atom. The van der Waals surface area contributed by atoms with Gasteiger partial charge in [0.25, 0.3) is 0 Å². The number of likely N-dealkylation sites (N-methyl/N-ethyl adjacent to an activating group) is 1. The van der Waals surface area contributed by atoms with Crippen LogP contribution in [-0.4, -0.2) is 73.5 Å². The smallest absolute Gasteiger partial charge is 0.239 e. The van der Waals surface area contributed by atoms with Crippen LogP contribution in [0, 0.1) is 0 Å². The Labute approximate surface area is 111 Å². The van der Waals surface area contributed by atoms with Crippen molar-refractivity contribution in [3.8, 4) is 0 Å². The Balaban J connectivity index is 2.01. The fourth-order valence-electron chi connectivity index (χ4n) is 3.28. The summed E-state index contributed by atoms with van der Waals surface area (Å²) in [6.07, 6.45) is 5.93. The molecule has 1 unspecified atom stereocenters. The first-order valence-corrected chi connectivity index (χ1v) is 7.25. The van der Waals surface area contributed by atoms with E-state index in [9.17, 15) is 4.79 Å². The second-order valence-corrected chi connectivity index (χ2v) is 6.02. The Morgan fingerprint density at radius 1 is 1.06 bits per heavy atom. The van der Waals surface area contributed by atoms with Gasteiger partial charge < -0.3 is 9.80 Å². The molecule has 2 aliphatic rings. The maximum atomic E-state index is 12.3. The van der Waals surface area contributed by atoms with Crippen LogP contribution in [-0.2, 0) is 4.79 Å². The van der Waals surface area contributed by atoms with Gasteiger partial charge in [-0.3, -0.25) is 9.69 Å². The Hall–Kier alpha value is -0.610. The lowest BCUT2D eigenvalue weighted by Crippen LogP contribution is -2.55. The minimum Gasteiger partial charge on any atom is -0.347 e. The van der Waals surface area contributed by atoms with Crippen molar-refractivity contribution < 1.29 is 4.79 Å². The summed E-state index contributed by atoms with van der Waals surface area (Å²) in [4.78, 5) is 18.9. The van der Waals surface area contributed by atoms with Crippen LogP contribution in [0.1, 0.15) is 32.1 Å². The molecule has 0 aliphatic carbocycles. The van der Waals surface area contributed by atoms with Gasteiger partial charge in [0.1, 0.15) is 0 Å². The molecule has 2 aliphatic heterocycles. The van der Waals surface area contributed by atoms with Crippen molar-refractivity contribution in [3.63, 3.8) is 0 Å². The number of hydrogen-bond acceptors (Lipinski definition) is 3. The van der Waals surface area contributed by atoms with Gasteiger partial charge in [0.05, 0.1) is 6.04 Å². The van der Waals surface area contributed by atoms with Crippen molar-refractivity contribution in [2.75, 3.05) is 40.8 Å². The first kappa shape index (κ1) is 13.8.